The van der Waals surface area contributed by atoms with E-state index in [1.807, 2.05) is 89.1 Å². The fraction of sp³-hybridized carbons (Fsp3) is 0.698. The number of carbonyl (C=O) groups excluding carboxylic acids is 4. The molecule has 1 saturated heterocycles. The molecular weight excluding hydrogens is 745 g/mol. The number of methoxy groups -OCH3 is 2. The van der Waals surface area contributed by atoms with Crippen LogP contribution in [0.4, 0.5) is 0 Å². The zero-order chi connectivity index (χ0) is 43.4. The molecule has 2 rings (SSSR count). The van der Waals surface area contributed by atoms with Crippen LogP contribution in [-0.4, -0.2) is 153 Å². The lowest BCUT2D eigenvalue weighted by atomic mass is 9.89. The van der Waals surface area contributed by atoms with Crippen LogP contribution in [0.15, 0.2) is 42.5 Å². The normalized spacial score (nSPS) is 18.1. The maximum Gasteiger partial charge on any atom is 0.326 e. The van der Waals surface area contributed by atoms with E-state index in [-0.39, 0.29) is 55.5 Å². The molecule has 0 aromatic heterocycles. The standard InChI is InChI=1S/C43H72N6O9/c1-10-12-21-49(37(51)28-45-42(53)38(29(3)4)47(7)23-25-58-24-20-44)39(30(5)11-2)35(56-8)27-36(50)48-22-16-19-34(48)40(57-9)31(6)41(52)46-33(43(54)55)26-32-17-14-13-15-18-32/h10,12-15,17-18,29-31,33-35,38-40H,11,16,19-28,44H2,1-9H3,(H,45,53)(H,46,52)(H,54,55)/b12-10+/t30-,31+,33-,34-,35+,38-,39-,40+/m0/s1. The third-order valence-electron chi connectivity index (χ3n) is 11.2. The van der Waals surface area contributed by atoms with E-state index in [2.05, 4.69) is 10.6 Å². The van der Waals surface area contributed by atoms with E-state index in [1.165, 1.54) is 14.2 Å². The second kappa shape index (κ2) is 26.3. The molecule has 1 aliphatic rings. The van der Waals surface area contributed by atoms with Crippen molar-refractivity contribution in [2.24, 2.45) is 23.5 Å². The van der Waals surface area contributed by atoms with Gasteiger partial charge in [0.2, 0.25) is 23.6 Å². The molecule has 4 amide bonds. The summed E-state index contributed by atoms with van der Waals surface area (Å²) >= 11 is 0. The molecule has 15 heteroatoms. The number of carboxylic acids is 1. The second-order valence-corrected chi connectivity index (χ2v) is 15.6. The number of carbonyl (C=O) groups is 5. The summed E-state index contributed by atoms with van der Waals surface area (Å²) in [5.74, 6) is -3.26. The van der Waals surface area contributed by atoms with Gasteiger partial charge in [0.25, 0.3) is 0 Å². The van der Waals surface area contributed by atoms with Gasteiger partial charge >= 0.3 is 5.97 Å². The Morgan fingerprint density at radius 1 is 1.03 bits per heavy atom. The molecule has 0 unspecified atom stereocenters. The van der Waals surface area contributed by atoms with Crippen LogP contribution >= 0.6 is 0 Å². The molecule has 1 aromatic carbocycles. The van der Waals surface area contributed by atoms with Crippen LogP contribution in [0.25, 0.3) is 0 Å². The van der Waals surface area contributed by atoms with Crippen molar-refractivity contribution < 1.29 is 43.3 Å². The highest BCUT2D eigenvalue weighted by Crippen LogP contribution is 2.30. The van der Waals surface area contributed by atoms with E-state index >= 15 is 0 Å². The Kier molecular flexibility index (Phi) is 22.8. The molecule has 1 fully saturated rings. The van der Waals surface area contributed by atoms with Gasteiger partial charge in [0.1, 0.15) is 6.04 Å². The number of amides is 4. The average Bonchev–Trinajstić information content (AvgIpc) is 3.69. The summed E-state index contributed by atoms with van der Waals surface area (Å²) in [6, 6.07) is 6.52. The Balaban J connectivity index is 2.26. The minimum Gasteiger partial charge on any atom is -0.480 e. The van der Waals surface area contributed by atoms with Crippen molar-refractivity contribution >= 4 is 29.6 Å². The number of carboxylic acid groups (broad SMARTS) is 1. The van der Waals surface area contributed by atoms with E-state index < -0.39 is 54.2 Å². The molecule has 1 aromatic rings. The first-order valence-electron chi connectivity index (χ1n) is 20.8. The van der Waals surface area contributed by atoms with Crippen molar-refractivity contribution in [3.05, 3.63) is 48.0 Å². The number of ether oxygens (including phenoxy) is 3. The summed E-state index contributed by atoms with van der Waals surface area (Å²) in [4.78, 5) is 72.9. The summed E-state index contributed by atoms with van der Waals surface area (Å²) in [6.45, 7) is 13.8. The van der Waals surface area contributed by atoms with E-state index in [1.54, 1.807) is 16.7 Å². The highest BCUT2D eigenvalue weighted by molar-refractivity contribution is 5.88. The molecule has 328 valence electrons. The molecule has 1 aliphatic heterocycles. The Morgan fingerprint density at radius 2 is 1.72 bits per heavy atom. The number of aliphatic carboxylic acids is 1. The minimum absolute atomic E-state index is 0.0312. The van der Waals surface area contributed by atoms with Gasteiger partial charge in [-0.1, -0.05) is 83.5 Å². The van der Waals surface area contributed by atoms with Gasteiger partial charge in [-0.25, -0.2) is 4.79 Å². The number of hydrogen-bond donors (Lipinski definition) is 4. The number of rotatable bonds is 27. The zero-order valence-electron chi connectivity index (χ0n) is 36.4. The quantitative estimate of drug-likeness (QED) is 0.0754. The van der Waals surface area contributed by atoms with Gasteiger partial charge in [0.05, 0.1) is 62.4 Å². The van der Waals surface area contributed by atoms with Crippen LogP contribution < -0.4 is 16.4 Å². The number of likely N-dealkylation sites (N-methyl/N-ethyl adjacent to an activating group) is 1. The van der Waals surface area contributed by atoms with E-state index in [9.17, 15) is 29.1 Å². The number of hydrogen-bond acceptors (Lipinski definition) is 10. The number of likely N-dealkylation sites (tertiary alicyclic amines) is 1. The minimum atomic E-state index is -1.14. The lowest BCUT2D eigenvalue weighted by Crippen LogP contribution is -2.56. The number of allylic oxidation sites excluding steroid dienone is 1. The van der Waals surface area contributed by atoms with Gasteiger partial charge in [-0.3, -0.25) is 24.1 Å². The van der Waals surface area contributed by atoms with Crippen molar-refractivity contribution in [3.63, 3.8) is 0 Å². The van der Waals surface area contributed by atoms with E-state index in [0.29, 0.717) is 52.1 Å². The lowest BCUT2D eigenvalue weighted by Gasteiger charge is -2.40. The lowest BCUT2D eigenvalue weighted by molar-refractivity contribution is -0.147. The van der Waals surface area contributed by atoms with Crippen molar-refractivity contribution in [3.8, 4) is 0 Å². The molecule has 5 N–H and O–H groups in total. The topological polar surface area (TPSA) is 193 Å². The Hall–Kier alpha value is -3.89. The predicted octanol–water partition coefficient (Wildman–Crippen LogP) is 2.71. The molecule has 8 atom stereocenters. The molecule has 0 radical (unpaired) electrons. The van der Waals surface area contributed by atoms with Crippen LogP contribution in [0, 0.1) is 17.8 Å². The first-order valence-corrected chi connectivity index (χ1v) is 20.8. The van der Waals surface area contributed by atoms with Crippen LogP contribution in [0.2, 0.25) is 0 Å². The van der Waals surface area contributed by atoms with Crippen LogP contribution in [0.3, 0.4) is 0 Å². The number of nitrogens with one attached hydrogen (secondary N) is 2. The van der Waals surface area contributed by atoms with Gasteiger partial charge < -0.3 is 45.5 Å². The summed E-state index contributed by atoms with van der Waals surface area (Å²) in [7, 11) is 4.88. The van der Waals surface area contributed by atoms with Gasteiger partial charge in [0.15, 0.2) is 0 Å². The predicted molar refractivity (Wildman–Crippen MR) is 224 cm³/mol. The molecule has 1 heterocycles. The van der Waals surface area contributed by atoms with Crippen LogP contribution in [-0.2, 0) is 44.6 Å². The van der Waals surface area contributed by atoms with Crippen molar-refractivity contribution in [1.29, 1.82) is 0 Å². The molecular formula is C43H72N6O9. The SMILES string of the molecule is C/C=C/CN(C(=O)CNC(=O)[C@H](C(C)C)N(C)CCOCCN)[C@@H]([C@@H](C)CC)[C@@H](CC(=O)N1CCC[C@H]1[C@H](OC)[C@@H](C)C(=O)N[C@@H](Cc1ccccc1)C(=O)O)OC. The average molecular weight is 817 g/mol. The van der Waals surface area contributed by atoms with Crippen LogP contribution in [0.1, 0.15) is 72.8 Å². The monoisotopic (exact) mass is 817 g/mol. The van der Waals surface area contributed by atoms with E-state index in [0.717, 1.165) is 5.56 Å². The fourth-order valence-electron chi connectivity index (χ4n) is 7.91. The van der Waals surface area contributed by atoms with Crippen LogP contribution in [0.5, 0.6) is 0 Å². The summed E-state index contributed by atoms with van der Waals surface area (Å²) in [5, 5.41) is 15.5. The van der Waals surface area contributed by atoms with Gasteiger partial charge in [0, 0.05) is 46.8 Å². The molecule has 0 aliphatic carbocycles. The Morgan fingerprint density at radius 3 is 2.29 bits per heavy atom. The molecule has 0 spiro atoms. The Bertz CT molecular complexity index is 1450. The molecule has 58 heavy (non-hydrogen) atoms. The zero-order valence-corrected chi connectivity index (χ0v) is 36.4. The van der Waals surface area contributed by atoms with Crippen molar-refractivity contribution in [2.45, 2.75) is 110 Å². The summed E-state index contributed by atoms with van der Waals surface area (Å²) < 4.78 is 17.5. The van der Waals surface area contributed by atoms with Crippen molar-refractivity contribution in [2.75, 3.05) is 67.2 Å². The van der Waals surface area contributed by atoms with Crippen molar-refractivity contribution in [1.82, 2.24) is 25.3 Å². The number of nitrogens with zero attached hydrogens (tertiary/aromatic N) is 3. The molecule has 0 bridgehead atoms. The number of nitrogens with two attached hydrogens (primary N) is 1. The summed E-state index contributed by atoms with van der Waals surface area (Å²) in [5.41, 5.74) is 6.31. The fourth-order valence-corrected chi connectivity index (χ4v) is 7.91. The Labute approximate surface area is 346 Å². The molecule has 0 saturated carbocycles. The third-order valence-corrected chi connectivity index (χ3v) is 11.2. The third kappa shape index (κ3) is 15.0. The first kappa shape index (κ1) is 50.3. The van der Waals surface area contributed by atoms with Gasteiger partial charge in [-0.15, -0.1) is 0 Å². The highest BCUT2D eigenvalue weighted by atomic mass is 16.5. The maximum absolute atomic E-state index is 14.3. The largest absolute Gasteiger partial charge is 0.480 e. The first-order chi connectivity index (χ1) is 27.7. The molecule has 15 nitrogen and oxygen atoms in total. The van der Waals surface area contributed by atoms with Gasteiger partial charge in [-0.05, 0) is 44.2 Å². The smallest absolute Gasteiger partial charge is 0.326 e. The summed E-state index contributed by atoms with van der Waals surface area (Å²) in [6.07, 6.45) is 4.42. The van der Waals surface area contributed by atoms with E-state index in [4.69, 9.17) is 19.9 Å². The highest BCUT2D eigenvalue weighted by Gasteiger charge is 2.43. The number of benzene rings is 1. The van der Waals surface area contributed by atoms with Gasteiger partial charge in [-0.2, -0.15) is 0 Å². The second-order valence-electron chi connectivity index (χ2n) is 15.6. The maximum atomic E-state index is 14.3.